The number of carbonyl (C=O) groups is 2. The van der Waals surface area contributed by atoms with Gasteiger partial charge in [-0.05, 0) is 96.8 Å². The van der Waals surface area contributed by atoms with Crippen molar-refractivity contribution in [2.24, 2.45) is 0 Å². The van der Waals surface area contributed by atoms with E-state index in [2.05, 4.69) is 48.5 Å². The van der Waals surface area contributed by atoms with Gasteiger partial charge >= 0.3 is 11.9 Å². The van der Waals surface area contributed by atoms with E-state index in [4.69, 9.17) is 9.47 Å². The van der Waals surface area contributed by atoms with Crippen molar-refractivity contribution in [2.45, 2.75) is 27.7 Å². The van der Waals surface area contributed by atoms with Gasteiger partial charge < -0.3 is 9.47 Å². The molecule has 0 N–H and O–H groups in total. The molecule has 0 bridgehead atoms. The van der Waals surface area contributed by atoms with Gasteiger partial charge in [0.05, 0.1) is 11.1 Å². The Bertz CT molecular complexity index is 2460. The lowest BCUT2D eigenvalue weighted by Crippen LogP contribution is -2.10. The SMILES string of the molecule is Cc1ccc(C(=O)Oc2c3ccccc3c(-c3c4ccccc4c(OC(=O)c4ccc(C)cc4)c4cc(C)ccc34)c3ccc(C)cc23)cc1. The topological polar surface area (TPSA) is 52.6 Å². The fourth-order valence-electron chi connectivity index (χ4n) is 6.95. The Hall–Kier alpha value is -6.26. The summed E-state index contributed by atoms with van der Waals surface area (Å²) in [5.74, 6) is 0.247. The summed E-state index contributed by atoms with van der Waals surface area (Å²) in [5.41, 5.74) is 7.27. The monoisotopic (exact) mass is 650 g/mol. The molecule has 0 amide bonds. The molecule has 0 aromatic heterocycles. The first-order valence-electron chi connectivity index (χ1n) is 16.7. The molecule has 0 aliphatic heterocycles. The van der Waals surface area contributed by atoms with E-state index >= 15 is 0 Å². The Morgan fingerprint density at radius 1 is 0.360 bits per heavy atom. The second-order valence-corrected chi connectivity index (χ2v) is 13.1. The van der Waals surface area contributed by atoms with Crippen molar-refractivity contribution in [1.29, 1.82) is 0 Å². The third-order valence-electron chi connectivity index (χ3n) is 9.47. The van der Waals surface area contributed by atoms with Crippen molar-refractivity contribution < 1.29 is 19.1 Å². The first kappa shape index (κ1) is 31.0. The van der Waals surface area contributed by atoms with Crippen molar-refractivity contribution in [3.05, 3.63) is 167 Å². The van der Waals surface area contributed by atoms with Crippen LogP contribution in [0.15, 0.2) is 133 Å². The molecule has 50 heavy (non-hydrogen) atoms. The van der Waals surface area contributed by atoms with Crippen LogP contribution in [0, 0.1) is 27.7 Å². The van der Waals surface area contributed by atoms with Crippen molar-refractivity contribution in [3.63, 3.8) is 0 Å². The number of aryl methyl sites for hydroxylation is 4. The lowest BCUT2D eigenvalue weighted by atomic mass is 9.85. The van der Waals surface area contributed by atoms with Crippen LogP contribution in [-0.4, -0.2) is 11.9 Å². The van der Waals surface area contributed by atoms with Crippen molar-refractivity contribution in [2.75, 3.05) is 0 Å². The maximum absolute atomic E-state index is 13.6. The number of ether oxygens (including phenoxy) is 2. The van der Waals surface area contributed by atoms with Crippen LogP contribution in [0.1, 0.15) is 43.0 Å². The molecule has 4 nitrogen and oxygen atoms in total. The fraction of sp³-hybridized carbons (Fsp3) is 0.0870. The smallest absolute Gasteiger partial charge is 0.343 e. The highest BCUT2D eigenvalue weighted by Gasteiger charge is 2.25. The average Bonchev–Trinajstić information content (AvgIpc) is 3.12. The number of hydrogen-bond donors (Lipinski definition) is 0. The van der Waals surface area contributed by atoms with Gasteiger partial charge in [0.25, 0.3) is 0 Å². The minimum atomic E-state index is -0.406. The summed E-state index contributed by atoms with van der Waals surface area (Å²) in [7, 11) is 0. The van der Waals surface area contributed by atoms with Crippen LogP contribution in [0.5, 0.6) is 11.5 Å². The van der Waals surface area contributed by atoms with Gasteiger partial charge in [-0.3, -0.25) is 0 Å². The Balaban J connectivity index is 1.43. The van der Waals surface area contributed by atoms with Gasteiger partial charge in [-0.15, -0.1) is 0 Å². The van der Waals surface area contributed by atoms with Gasteiger partial charge in [0.2, 0.25) is 0 Å². The van der Waals surface area contributed by atoms with Gasteiger partial charge in [-0.1, -0.05) is 119 Å². The Kier molecular flexibility index (Phi) is 7.65. The molecular formula is C46H34O4. The Morgan fingerprint density at radius 3 is 1.06 bits per heavy atom. The highest BCUT2D eigenvalue weighted by molar-refractivity contribution is 6.27. The lowest BCUT2D eigenvalue weighted by Gasteiger charge is -2.22. The zero-order valence-corrected chi connectivity index (χ0v) is 28.3. The van der Waals surface area contributed by atoms with Gasteiger partial charge in [-0.25, -0.2) is 9.59 Å². The molecule has 242 valence electrons. The second kappa shape index (κ2) is 12.3. The molecule has 0 unspecified atom stereocenters. The third-order valence-corrected chi connectivity index (χ3v) is 9.47. The first-order chi connectivity index (χ1) is 24.3. The molecule has 0 saturated heterocycles. The predicted molar refractivity (Wildman–Crippen MR) is 204 cm³/mol. The van der Waals surface area contributed by atoms with Crippen LogP contribution >= 0.6 is 0 Å². The standard InChI is InChI=1S/C46H34O4/c1-27-13-19-31(20-14-27)45(47)49-43-37-11-7-5-9-33(37)41(35-23-17-29(3)25-39(35)43)42-34-10-6-8-12-38(34)44(40-26-30(4)18-24-36(40)42)50-46(48)32-21-15-28(2)16-22-32/h5-26H,1-4H3. The first-order valence-corrected chi connectivity index (χ1v) is 16.7. The predicted octanol–water partition coefficient (Wildman–Crippen LogP) is 11.6. The van der Waals surface area contributed by atoms with E-state index in [1.165, 1.54) is 0 Å². The average molecular weight is 651 g/mol. The summed E-state index contributed by atoms with van der Waals surface area (Å²) in [5, 5.41) is 7.17. The summed E-state index contributed by atoms with van der Waals surface area (Å²) < 4.78 is 12.6. The highest BCUT2D eigenvalue weighted by Crippen LogP contribution is 2.50. The van der Waals surface area contributed by atoms with E-state index in [9.17, 15) is 9.59 Å². The number of benzene rings is 8. The largest absolute Gasteiger partial charge is 0.422 e. The summed E-state index contributed by atoms with van der Waals surface area (Å²) in [6, 6.07) is 43.7. The van der Waals surface area contributed by atoms with Gasteiger partial charge in [-0.2, -0.15) is 0 Å². The molecule has 0 fully saturated rings. The number of carbonyl (C=O) groups excluding carboxylic acids is 2. The molecular weight excluding hydrogens is 617 g/mol. The summed E-state index contributed by atoms with van der Waals surface area (Å²) in [4.78, 5) is 27.2. The number of hydrogen-bond acceptors (Lipinski definition) is 4. The minimum Gasteiger partial charge on any atom is -0.422 e. The van der Waals surface area contributed by atoms with Gasteiger partial charge in [0, 0.05) is 21.5 Å². The van der Waals surface area contributed by atoms with E-state index in [-0.39, 0.29) is 0 Å². The quantitative estimate of drug-likeness (QED) is 0.106. The zero-order valence-electron chi connectivity index (χ0n) is 28.3. The molecule has 0 heterocycles. The van der Waals surface area contributed by atoms with Crippen molar-refractivity contribution in [1.82, 2.24) is 0 Å². The van der Waals surface area contributed by atoms with Crippen LogP contribution in [0.4, 0.5) is 0 Å². The Labute approximate surface area is 290 Å². The van der Waals surface area contributed by atoms with E-state index in [1.54, 1.807) is 24.3 Å². The Morgan fingerprint density at radius 2 is 0.680 bits per heavy atom. The summed E-state index contributed by atoms with van der Waals surface area (Å²) >= 11 is 0. The van der Waals surface area contributed by atoms with E-state index < -0.39 is 11.9 Å². The normalized spacial score (nSPS) is 11.4. The molecule has 0 aliphatic carbocycles. The van der Waals surface area contributed by atoms with E-state index in [1.807, 2.05) is 88.4 Å². The van der Waals surface area contributed by atoms with E-state index in [0.29, 0.717) is 22.6 Å². The maximum Gasteiger partial charge on any atom is 0.343 e. The van der Waals surface area contributed by atoms with Crippen LogP contribution in [0.3, 0.4) is 0 Å². The molecule has 8 aromatic carbocycles. The molecule has 0 radical (unpaired) electrons. The molecule has 0 saturated carbocycles. The van der Waals surface area contributed by atoms with Crippen LogP contribution in [-0.2, 0) is 0 Å². The third kappa shape index (κ3) is 5.36. The fourth-order valence-corrected chi connectivity index (χ4v) is 6.95. The maximum atomic E-state index is 13.6. The van der Waals surface area contributed by atoms with Crippen LogP contribution < -0.4 is 9.47 Å². The summed E-state index contributed by atoms with van der Waals surface area (Å²) in [6.07, 6.45) is 0. The molecule has 8 aromatic rings. The van der Waals surface area contributed by atoms with Crippen molar-refractivity contribution in [3.8, 4) is 22.6 Å². The van der Waals surface area contributed by atoms with Crippen LogP contribution in [0.25, 0.3) is 54.2 Å². The molecule has 8 rings (SSSR count). The molecule has 4 heteroatoms. The summed E-state index contributed by atoms with van der Waals surface area (Å²) in [6.45, 7) is 8.08. The molecule has 0 aliphatic rings. The highest BCUT2D eigenvalue weighted by atomic mass is 16.5. The van der Waals surface area contributed by atoms with Crippen molar-refractivity contribution >= 4 is 55.0 Å². The lowest BCUT2D eigenvalue weighted by molar-refractivity contribution is 0.0730. The second-order valence-electron chi connectivity index (χ2n) is 13.1. The molecule has 0 atom stereocenters. The van der Waals surface area contributed by atoms with Gasteiger partial charge in [0.1, 0.15) is 11.5 Å². The minimum absolute atomic E-state index is 0.406. The van der Waals surface area contributed by atoms with Gasteiger partial charge in [0.15, 0.2) is 0 Å². The molecule has 0 spiro atoms. The van der Waals surface area contributed by atoms with E-state index in [0.717, 1.165) is 76.5 Å². The number of esters is 2. The number of fused-ring (bicyclic) bond motifs is 4. The zero-order chi connectivity index (χ0) is 34.5. The number of rotatable bonds is 5. The van der Waals surface area contributed by atoms with Crippen LogP contribution in [0.2, 0.25) is 0 Å².